The van der Waals surface area contributed by atoms with Gasteiger partial charge in [0, 0.05) is 5.22 Å². The average Bonchev–Trinajstić information content (AvgIpc) is 2.68. The average molecular weight is 198 g/mol. The Bertz CT molecular complexity index is 641. The second kappa shape index (κ2) is 2.63. The summed E-state index contributed by atoms with van der Waals surface area (Å²) < 4.78 is 0. The molecule has 0 saturated carbocycles. The van der Waals surface area contributed by atoms with Crippen molar-refractivity contribution in [2.45, 2.75) is 0 Å². The molecule has 4 heteroatoms. The fourth-order valence-corrected chi connectivity index (χ4v) is 1.74. The van der Waals surface area contributed by atoms with Crippen LogP contribution in [-0.4, -0.2) is 11.8 Å². The maximum Gasteiger partial charge on any atom is 0.335 e. The highest BCUT2D eigenvalue weighted by molar-refractivity contribution is 6.40. The molecule has 1 aliphatic carbocycles. The second-order valence-corrected chi connectivity index (χ2v) is 3.36. The maximum atomic E-state index is 11.1. The molecular formula is C11H6N2O2. The Morgan fingerprint density at radius 3 is 2.93 bits per heavy atom. The lowest BCUT2D eigenvalue weighted by Gasteiger charge is -2.08. The highest BCUT2D eigenvalue weighted by Gasteiger charge is 2.19. The van der Waals surface area contributed by atoms with E-state index in [0.717, 1.165) is 10.8 Å². The molecule has 1 heterocycles. The van der Waals surface area contributed by atoms with Crippen molar-refractivity contribution in [3.05, 3.63) is 34.3 Å². The first-order valence-electron chi connectivity index (χ1n) is 4.51. The number of allylic oxidation sites excluding steroid dienone is 1. The number of rotatable bonds is 0. The highest BCUT2D eigenvalue weighted by atomic mass is 16.2. The fourth-order valence-electron chi connectivity index (χ4n) is 1.74. The normalized spacial score (nSPS) is 16.3. The van der Waals surface area contributed by atoms with Crippen molar-refractivity contribution in [3.63, 3.8) is 0 Å². The zero-order chi connectivity index (χ0) is 10.4. The van der Waals surface area contributed by atoms with Crippen LogP contribution in [0.25, 0.3) is 12.2 Å². The minimum absolute atomic E-state index is 0.558. The van der Waals surface area contributed by atoms with Gasteiger partial charge in [0.15, 0.2) is 0 Å². The molecule has 72 valence electrons. The van der Waals surface area contributed by atoms with Crippen molar-refractivity contribution in [1.82, 2.24) is 0 Å². The van der Waals surface area contributed by atoms with Crippen molar-refractivity contribution in [2.75, 3.05) is 5.32 Å². The molecule has 0 radical (unpaired) electrons. The monoisotopic (exact) mass is 198 g/mol. The molecule has 2 aliphatic rings. The minimum Gasteiger partial charge on any atom is -0.316 e. The van der Waals surface area contributed by atoms with Crippen molar-refractivity contribution >= 4 is 29.7 Å². The van der Waals surface area contributed by atoms with E-state index in [-0.39, 0.29) is 0 Å². The van der Waals surface area contributed by atoms with E-state index < -0.39 is 11.8 Å². The number of hydrogen-bond donors (Lipinski definition) is 1. The van der Waals surface area contributed by atoms with Crippen LogP contribution in [0.2, 0.25) is 0 Å². The van der Waals surface area contributed by atoms with Gasteiger partial charge in [-0.3, -0.25) is 9.59 Å². The van der Waals surface area contributed by atoms with Gasteiger partial charge in [0.2, 0.25) is 0 Å². The largest absolute Gasteiger partial charge is 0.335 e. The Balaban J connectivity index is 2.43. The summed E-state index contributed by atoms with van der Waals surface area (Å²) in [5, 5.41) is 3.96. The van der Waals surface area contributed by atoms with Crippen LogP contribution in [0.4, 0.5) is 5.69 Å². The first-order valence-corrected chi connectivity index (χ1v) is 4.51. The predicted molar refractivity (Wildman–Crippen MR) is 54.4 cm³/mol. The summed E-state index contributed by atoms with van der Waals surface area (Å²) in [5.74, 6) is -1.41. The molecule has 0 atom stereocenters. The van der Waals surface area contributed by atoms with Gasteiger partial charge >= 0.3 is 11.8 Å². The van der Waals surface area contributed by atoms with Crippen LogP contribution in [0.3, 0.4) is 0 Å². The third-order valence-electron chi connectivity index (χ3n) is 2.45. The number of hydrogen-bond acceptors (Lipinski definition) is 2. The number of carbonyl (C=O) groups is 2. The molecule has 4 nitrogen and oxygen atoms in total. The minimum atomic E-state index is -0.740. The van der Waals surface area contributed by atoms with Crippen LogP contribution in [0.1, 0.15) is 5.56 Å². The third kappa shape index (κ3) is 1.05. The molecule has 1 aromatic carbocycles. The maximum absolute atomic E-state index is 11.1. The highest BCUT2D eigenvalue weighted by Crippen LogP contribution is 2.07. The van der Waals surface area contributed by atoms with Crippen LogP contribution in [0, 0.1) is 0 Å². The topological polar surface area (TPSA) is 58.5 Å². The number of amides is 2. The lowest BCUT2D eigenvalue weighted by atomic mass is 10.1. The summed E-state index contributed by atoms with van der Waals surface area (Å²) in [7, 11) is 0. The molecule has 1 aromatic rings. The third-order valence-corrected chi connectivity index (χ3v) is 2.45. The molecule has 0 saturated heterocycles. The lowest BCUT2D eigenvalue weighted by molar-refractivity contribution is -0.134. The molecule has 3 rings (SSSR count). The summed E-state index contributed by atoms with van der Waals surface area (Å²) in [4.78, 5) is 26.0. The van der Waals surface area contributed by atoms with E-state index in [0.29, 0.717) is 11.0 Å². The summed E-state index contributed by atoms with van der Waals surface area (Å²) in [6.07, 6.45) is 5.70. The molecule has 1 N–H and O–H groups in total. The van der Waals surface area contributed by atoms with Gasteiger partial charge in [-0.1, -0.05) is 24.3 Å². The quantitative estimate of drug-likeness (QED) is 0.576. The van der Waals surface area contributed by atoms with Crippen LogP contribution >= 0.6 is 0 Å². The van der Waals surface area contributed by atoms with Gasteiger partial charge < -0.3 is 5.32 Å². The molecule has 0 bridgehead atoms. The molecule has 1 aliphatic heterocycles. The zero-order valence-corrected chi connectivity index (χ0v) is 7.65. The van der Waals surface area contributed by atoms with E-state index in [9.17, 15) is 9.59 Å². The van der Waals surface area contributed by atoms with Crippen molar-refractivity contribution < 1.29 is 9.59 Å². The van der Waals surface area contributed by atoms with Gasteiger partial charge in [-0.2, -0.15) is 0 Å². The van der Waals surface area contributed by atoms with Crippen LogP contribution < -0.4 is 15.9 Å². The Kier molecular flexibility index (Phi) is 1.42. The van der Waals surface area contributed by atoms with Crippen molar-refractivity contribution in [3.8, 4) is 0 Å². The standard InChI is InChI=1S/C11H6N2O2/c14-10-11(15)13-9-7-3-1-2-6(7)4-5-8(9)12-10/h1-5H,(H,12,14). The summed E-state index contributed by atoms with van der Waals surface area (Å²) in [5.41, 5.74) is 1.61. The Hall–Kier alpha value is -2.23. The number of nitrogens with zero attached hydrogens (tertiary/aromatic N) is 1. The van der Waals surface area contributed by atoms with E-state index in [4.69, 9.17) is 0 Å². The van der Waals surface area contributed by atoms with Crippen LogP contribution in [0.15, 0.2) is 23.2 Å². The van der Waals surface area contributed by atoms with Gasteiger partial charge in [0.05, 0.1) is 11.0 Å². The van der Waals surface area contributed by atoms with Gasteiger partial charge in [0.25, 0.3) is 0 Å². The summed E-state index contributed by atoms with van der Waals surface area (Å²) >= 11 is 0. The summed E-state index contributed by atoms with van der Waals surface area (Å²) in [6, 6.07) is 3.64. The smallest absolute Gasteiger partial charge is 0.316 e. The number of anilines is 1. The van der Waals surface area contributed by atoms with E-state index in [1.54, 1.807) is 6.07 Å². The molecular weight excluding hydrogens is 192 g/mol. The van der Waals surface area contributed by atoms with E-state index in [2.05, 4.69) is 10.3 Å². The lowest BCUT2D eigenvalue weighted by Crippen LogP contribution is -2.39. The summed E-state index contributed by atoms with van der Waals surface area (Å²) in [6.45, 7) is 0. The predicted octanol–water partition coefficient (Wildman–Crippen LogP) is -0.408. The van der Waals surface area contributed by atoms with E-state index >= 15 is 0 Å². The van der Waals surface area contributed by atoms with E-state index in [1.807, 2.05) is 24.3 Å². The van der Waals surface area contributed by atoms with Crippen molar-refractivity contribution in [1.29, 1.82) is 0 Å². The molecule has 15 heavy (non-hydrogen) atoms. The Labute approximate surface area is 84.6 Å². The molecule has 0 spiro atoms. The molecule has 0 aromatic heterocycles. The van der Waals surface area contributed by atoms with Crippen LogP contribution in [-0.2, 0) is 9.59 Å². The Morgan fingerprint density at radius 2 is 2.07 bits per heavy atom. The first kappa shape index (κ1) is 8.11. The first-order chi connectivity index (χ1) is 7.25. The fraction of sp³-hybridized carbons (Fsp3) is 0. The number of fused-ring (bicyclic) bond motifs is 3. The molecule has 0 fully saturated rings. The van der Waals surface area contributed by atoms with Gasteiger partial charge in [-0.15, -0.1) is 0 Å². The SMILES string of the molecule is O=C1N=c2c(ccc3c2=CC=C3)NC1=O. The number of nitrogens with one attached hydrogen (secondary N) is 1. The van der Waals surface area contributed by atoms with Gasteiger partial charge in [0.1, 0.15) is 0 Å². The number of carbonyl (C=O) groups excluding carboxylic acids is 2. The van der Waals surface area contributed by atoms with Crippen molar-refractivity contribution in [2.24, 2.45) is 4.99 Å². The van der Waals surface area contributed by atoms with Gasteiger partial charge in [-0.05, 0) is 11.6 Å². The molecule has 2 amide bonds. The molecule has 0 unspecified atom stereocenters. The van der Waals surface area contributed by atoms with Crippen LogP contribution in [0.5, 0.6) is 0 Å². The second-order valence-electron chi connectivity index (χ2n) is 3.36. The van der Waals surface area contributed by atoms with E-state index in [1.165, 1.54) is 0 Å². The Morgan fingerprint density at radius 1 is 1.20 bits per heavy atom. The zero-order valence-electron chi connectivity index (χ0n) is 7.65. The van der Waals surface area contributed by atoms with Gasteiger partial charge in [-0.25, -0.2) is 4.99 Å². The number of benzene rings is 1.